The number of hydrogen-bond donors (Lipinski definition) is 2. The Bertz CT molecular complexity index is 527. The van der Waals surface area contributed by atoms with Crippen LogP contribution in [0.25, 0.3) is 0 Å². The average molecular weight is 289 g/mol. The van der Waals surface area contributed by atoms with Crippen molar-refractivity contribution in [3.63, 3.8) is 0 Å². The Morgan fingerprint density at radius 2 is 1.95 bits per heavy atom. The summed E-state index contributed by atoms with van der Waals surface area (Å²) in [7, 11) is 0. The van der Waals surface area contributed by atoms with Crippen molar-refractivity contribution in [3.05, 3.63) is 29.8 Å². The molecule has 1 saturated heterocycles. The third-order valence-corrected chi connectivity index (χ3v) is 4.22. The fourth-order valence-corrected chi connectivity index (χ4v) is 2.83. The van der Waals surface area contributed by atoms with Crippen molar-refractivity contribution >= 4 is 17.5 Å². The van der Waals surface area contributed by atoms with Gasteiger partial charge in [0.2, 0.25) is 11.8 Å². The quantitative estimate of drug-likeness (QED) is 0.888. The molecule has 1 aromatic carbocycles. The molecule has 1 fully saturated rings. The molecule has 1 atom stereocenters. The second kappa shape index (κ2) is 6.26. The highest BCUT2D eigenvalue weighted by molar-refractivity contribution is 5.88. The van der Waals surface area contributed by atoms with Crippen LogP contribution in [-0.4, -0.2) is 28.8 Å². The van der Waals surface area contributed by atoms with Gasteiger partial charge in [-0.1, -0.05) is 12.1 Å². The van der Waals surface area contributed by atoms with Gasteiger partial charge >= 0.3 is 0 Å². The van der Waals surface area contributed by atoms with Crippen LogP contribution in [0.15, 0.2) is 24.3 Å². The summed E-state index contributed by atoms with van der Waals surface area (Å²) in [5, 5.41) is 2.74. The summed E-state index contributed by atoms with van der Waals surface area (Å²) in [5.41, 5.74) is 6.93. The number of carbonyl (C=O) groups excluding carboxylic acids is 2. The molecule has 0 bridgehead atoms. The van der Waals surface area contributed by atoms with Crippen molar-refractivity contribution in [3.8, 4) is 0 Å². The predicted molar refractivity (Wildman–Crippen MR) is 82.6 cm³/mol. The SMILES string of the molecule is CC(=O)Nc1ccc(CN2CCCCC2(C)C(N)=O)cc1. The van der Waals surface area contributed by atoms with Crippen LogP contribution in [0.5, 0.6) is 0 Å². The second-order valence-corrected chi connectivity index (χ2v) is 5.89. The van der Waals surface area contributed by atoms with Crippen LogP contribution in [0.1, 0.15) is 38.7 Å². The van der Waals surface area contributed by atoms with Crippen molar-refractivity contribution in [1.29, 1.82) is 0 Å². The first-order chi connectivity index (χ1) is 9.91. The van der Waals surface area contributed by atoms with E-state index in [0.717, 1.165) is 37.1 Å². The average Bonchev–Trinajstić information content (AvgIpc) is 2.43. The van der Waals surface area contributed by atoms with Crippen LogP contribution in [0.3, 0.4) is 0 Å². The zero-order chi connectivity index (χ0) is 15.5. The molecule has 0 aromatic heterocycles. The molecule has 2 amide bonds. The minimum absolute atomic E-state index is 0.0833. The molecule has 1 aliphatic rings. The van der Waals surface area contributed by atoms with E-state index in [-0.39, 0.29) is 11.8 Å². The van der Waals surface area contributed by atoms with Crippen LogP contribution in [0.2, 0.25) is 0 Å². The van der Waals surface area contributed by atoms with Crippen molar-refractivity contribution in [2.24, 2.45) is 5.73 Å². The first-order valence-electron chi connectivity index (χ1n) is 7.33. The van der Waals surface area contributed by atoms with E-state index in [0.29, 0.717) is 6.54 Å². The first kappa shape index (κ1) is 15.5. The van der Waals surface area contributed by atoms with Gasteiger partial charge in [0.05, 0.1) is 5.54 Å². The maximum atomic E-state index is 11.8. The maximum absolute atomic E-state index is 11.8. The van der Waals surface area contributed by atoms with Crippen LogP contribution in [0.4, 0.5) is 5.69 Å². The number of primary amides is 1. The van der Waals surface area contributed by atoms with E-state index in [1.54, 1.807) is 0 Å². The maximum Gasteiger partial charge on any atom is 0.237 e. The van der Waals surface area contributed by atoms with Crippen molar-refractivity contribution < 1.29 is 9.59 Å². The molecular formula is C16H23N3O2. The highest BCUT2D eigenvalue weighted by atomic mass is 16.2. The van der Waals surface area contributed by atoms with Gasteiger partial charge in [-0.05, 0) is 50.4 Å². The summed E-state index contributed by atoms with van der Waals surface area (Å²) in [6, 6.07) is 7.70. The van der Waals surface area contributed by atoms with Crippen LogP contribution in [0, 0.1) is 0 Å². The summed E-state index contributed by atoms with van der Waals surface area (Å²) >= 11 is 0. The highest BCUT2D eigenvalue weighted by Crippen LogP contribution is 2.29. The lowest BCUT2D eigenvalue weighted by Crippen LogP contribution is -2.57. The number of nitrogens with one attached hydrogen (secondary N) is 1. The van der Waals surface area contributed by atoms with Crippen LogP contribution < -0.4 is 11.1 Å². The minimum atomic E-state index is -0.561. The molecule has 21 heavy (non-hydrogen) atoms. The third-order valence-electron chi connectivity index (χ3n) is 4.22. The van der Waals surface area contributed by atoms with Crippen molar-refractivity contribution in [2.45, 2.75) is 45.2 Å². The van der Waals surface area contributed by atoms with Gasteiger partial charge in [0, 0.05) is 19.2 Å². The van der Waals surface area contributed by atoms with Gasteiger partial charge in [0.25, 0.3) is 0 Å². The first-order valence-corrected chi connectivity index (χ1v) is 7.33. The number of nitrogens with two attached hydrogens (primary N) is 1. The second-order valence-electron chi connectivity index (χ2n) is 5.89. The number of hydrogen-bond acceptors (Lipinski definition) is 3. The monoisotopic (exact) mass is 289 g/mol. The number of benzene rings is 1. The number of carbonyl (C=O) groups is 2. The lowest BCUT2D eigenvalue weighted by atomic mass is 9.87. The Kier molecular flexibility index (Phi) is 4.63. The number of piperidine rings is 1. The molecule has 5 nitrogen and oxygen atoms in total. The number of nitrogens with zero attached hydrogens (tertiary/aromatic N) is 1. The zero-order valence-electron chi connectivity index (χ0n) is 12.7. The fraction of sp³-hybridized carbons (Fsp3) is 0.500. The molecule has 2 rings (SSSR count). The van der Waals surface area contributed by atoms with Gasteiger partial charge in [-0.15, -0.1) is 0 Å². The smallest absolute Gasteiger partial charge is 0.237 e. The Balaban J connectivity index is 2.09. The predicted octanol–water partition coefficient (Wildman–Crippen LogP) is 1.87. The summed E-state index contributed by atoms with van der Waals surface area (Å²) < 4.78 is 0. The van der Waals surface area contributed by atoms with E-state index in [9.17, 15) is 9.59 Å². The standard InChI is InChI=1S/C16H23N3O2/c1-12(20)18-14-7-5-13(6-8-14)11-19-10-4-3-9-16(19,2)15(17)21/h5-8H,3-4,9-11H2,1-2H3,(H2,17,21)(H,18,20). The molecule has 0 spiro atoms. The Labute approximate surface area is 125 Å². The van der Waals surface area contributed by atoms with Gasteiger partial charge < -0.3 is 11.1 Å². The van der Waals surface area contributed by atoms with Crippen LogP contribution >= 0.6 is 0 Å². The Morgan fingerprint density at radius 3 is 2.52 bits per heavy atom. The number of amides is 2. The lowest BCUT2D eigenvalue weighted by molar-refractivity contribution is -0.132. The van der Waals surface area contributed by atoms with Crippen LogP contribution in [-0.2, 0) is 16.1 Å². The largest absolute Gasteiger partial charge is 0.368 e. The Hall–Kier alpha value is -1.88. The van der Waals surface area contributed by atoms with E-state index >= 15 is 0 Å². The molecule has 1 aromatic rings. The number of likely N-dealkylation sites (tertiary alicyclic amines) is 1. The van der Waals surface area contributed by atoms with Gasteiger partial charge in [-0.25, -0.2) is 0 Å². The van der Waals surface area contributed by atoms with Crippen molar-refractivity contribution in [2.75, 3.05) is 11.9 Å². The topological polar surface area (TPSA) is 75.4 Å². The molecule has 5 heteroatoms. The molecular weight excluding hydrogens is 266 g/mol. The van der Waals surface area contributed by atoms with E-state index in [2.05, 4.69) is 10.2 Å². The Morgan fingerprint density at radius 1 is 1.29 bits per heavy atom. The van der Waals surface area contributed by atoms with E-state index < -0.39 is 5.54 Å². The summed E-state index contributed by atoms with van der Waals surface area (Å²) in [4.78, 5) is 24.9. The fourth-order valence-electron chi connectivity index (χ4n) is 2.83. The van der Waals surface area contributed by atoms with E-state index in [4.69, 9.17) is 5.73 Å². The van der Waals surface area contributed by atoms with Gasteiger partial charge in [-0.2, -0.15) is 0 Å². The van der Waals surface area contributed by atoms with E-state index in [1.807, 2.05) is 31.2 Å². The molecule has 1 aliphatic heterocycles. The van der Waals surface area contributed by atoms with Gasteiger partial charge in [0.15, 0.2) is 0 Å². The van der Waals surface area contributed by atoms with Crippen molar-refractivity contribution in [1.82, 2.24) is 4.90 Å². The molecule has 1 unspecified atom stereocenters. The number of rotatable bonds is 4. The number of anilines is 1. The molecule has 0 saturated carbocycles. The molecule has 114 valence electrons. The molecule has 1 heterocycles. The lowest BCUT2D eigenvalue weighted by Gasteiger charge is -2.42. The molecule has 0 aliphatic carbocycles. The molecule has 0 radical (unpaired) electrons. The summed E-state index contributed by atoms with van der Waals surface area (Å²) in [6.45, 7) is 4.99. The highest BCUT2D eigenvalue weighted by Gasteiger charge is 2.39. The van der Waals surface area contributed by atoms with E-state index in [1.165, 1.54) is 6.92 Å². The minimum Gasteiger partial charge on any atom is -0.368 e. The normalized spacial score (nSPS) is 22.8. The third kappa shape index (κ3) is 3.61. The summed E-state index contributed by atoms with van der Waals surface area (Å²) in [6.07, 6.45) is 2.94. The van der Waals surface area contributed by atoms with Gasteiger partial charge in [-0.3, -0.25) is 14.5 Å². The summed E-state index contributed by atoms with van der Waals surface area (Å²) in [5.74, 6) is -0.336. The molecule has 3 N–H and O–H groups in total. The zero-order valence-corrected chi connectivity index (χ0v) is 12.7. The van der Waals surface area contributed by atoms with Gasteiger partial charge in [0.1, 0.15) is 0 Å².